The molecule has 170 valence electrons. The van der Waals surface area contributed by atoms with E-state index in [0.717, 1.165) is 0 Å². The Morgan fingerprint density at radius 3 is 2.15 bits per heavy atom. The number of non-ortho nitro benzene ring substituents is 1. The highest BCUT2D eigenvalue weighted by atomic mass is 16.6. The van der Waals surface area contributed by atoms with Gasteiger partial charge in [-0.25, -0.2) is 0 Å². The first-order chi connectivity index (χ1) is 16.3. The number of benzene rings is 3. The molecular formula is C25H19N3O6. The Morgan fingerprint density at radius 1 is 0.971 bits per heavy atom. The third-order valence-electron chi connectivity index (χ3n) is 5.38. The number of nitrogens with one attached hydrogen (secondary N) is 1. The fourth-order valence-corrected chi connectivity index (χ4v) is 3.85. The lowest BCUT2D eigenvalue weighted by Gasteiger charge is -2.25. The van der Waals surface area contributed by atoms with Crippen molar-refractivity contribution < 1.29 is 24.4 Å². The Balaban J connectivity index is 1.84. The van der Waals surface area contributed by atoms with Crippen molar-refractivity contribution >= 4 is 40.4 Å². The van der Waals surface area contributed by atoms with E-state index in [1.54, 1.807) is 54.6 Å². The van der Waals surface area contributed by atoms with Gasteiger partial charge in [-0.3, -0.25) is 29.4 Å². The van der Waals surface area contributed by atoms with Crippen molar-refractivity contribution in [2.45, 2.75) is 13.0 Å². The maximum atomic E-state index is 13.1. The summed E-state index contributed by atoms with van der Waals surface area (Å²) in [5, 5.41) is 24.6. The van der Waals surface area contributed by atoms with Crippen molar-refractivity contribution in [3.8, 4) is 0 Å². The minimum Gasteiger partial charge on any atom is -0.507 e. The average molecular weight is 457 g/mol. The van der Waals surface area contributed by atoms with Crippen LogP contribution in [0.4, 0.5) is 17.1 Å². The molecule has 1 fully saturated rings. The first kappa shape index (κ1) is 22.4. The highest BCUT2D eigenvalue weighted by molar-refractivity contribution is 6.51. The predicted molar refractivity (Wildman–Crippen MR) is 125 cm³/mol. The number of nitrogens with zero attached hydrogens (tertiary/aromatic N) is 2. The van der Waals surface area contributed by atoms with E-state index in [-0.39, 0.29) is 22.7 Å². The molecule has 1 atom stereocenters. The van der Waals surface area contributed by atoms with E-state index < -0.39 is 28.4 Å². The molecule has 1 heterocycles. The minimum atomic E-state index is -0.928. The van der Waals surface area contributed by atoms with Gasteiger partial charge in [0.1, 0.15) is 5.76 Å². The lowest BCUT2D eigenvalue weighted by Crippen LogP contribution is -2.29. The Kier molecular flexibility index (Phi) is 5.92. The number of anilines is 2. The summed E-state index contributed by atoms with van der Waals surface area (Å²) in [6.07, 6.45) is 0. The van der Waals surface area contributed by atoms with Crippen LogP contribution in [-0.4, -0.2) is 27.6 Å². The summed E-state index contributed by atoms with van der Waals surface area (Å²) >= 11 is 0. The van der Waals surface area contributed by atoms with Crippen LogP contribution >= 0.6 is 0 Å². The van der Waals surface area contributed by atoms with Crippen LogP contribution in [0.3, 0.4) is 0 Å². The smallest absolute Gasteiger partial charge is 0.300 e. The number of aliphatic hydroxyl groups excluding tert-OH is 1. The van der Waals surface area contributed by atoms with Gasteiger partial charge in [0.25, 0.3) is 17.4 Å². The molecule has 1 aliphatic heterocycles. The molecular weight excluding hydrogens is 438 g/mol. The highest BCUT2D eigenvalue weighted by Gasteiger charge is 2.46. The summed E-state index contributed by atoms with van der Waals surface area (Å²) in [5.74, 6) is -2.39. The summed E-state index contributed by atoms with van der Waals surface area (Å²) in [6, 6.07) is 19.3. The van der Waals surface area contributed by atoms with Crippen LogP contribution in [0.15, 0.2) is 84.4 Å². The average Bonchev–Trinajstić information content (AvgIpc) is 3.10. The third-order valence-corrected chi connectivity index (χ3v) is 5.38. The molecule has 3 aromatic rings. The van der Waals surface area contributed by atoms with Crippen LogP contribution < -0.4 is 10.2 Å². The number of amides is 2. The summed E-state index contributed by atoms with van der Waals surface area (Å²) in [5.41, 5.74) is 1.39. The number of hydrogen-bond acceptors (Lipinski definition) is 6. The quantitative estimate of drug-likeness (QED) is 0.194. The zero-order valence-corrected chi connectivity index (χ0v) is 18.0. The molecule has 1 unspecified atom stereocenters. The summed E-state index contributed by atoms with van der Waals surface area (Å²) < 4.78 is 0. The minimum absolute atomic E-state index is 0.129. The molecule has 0 radical (unpaired) electrons. The second-order valence-corrected chi connectivity index (χ2v) is 7.61. The monoisotopic (exact) mass is 457 g/mol. The number of ketones is 1. The molecule has 2 N–H and O–H groups in total. The Morgan fingerprint density at radius 2 is 1.59 bits per heavy atom. The Labute approximate surface area is 194 Å². The maximum absolute atomic E-state index is 13.1. The molecule has 2 amide bonds. The van der Waals surface area contributed by atoms with Gasteiger partial charge in [0.15, 0.2) is 0 Å². The van der Waals surface area contributed by atoms with Crippen LogP contribution in [0.1, 0.15) is 24.1 Å². The number of nitro groups is 1. The van der Waals surface area contributed by atoms with Gasteiger partial charge < -0.3 is 10.4 Å². The molecule has 0 aliphatic carbocycles. The summed E-state index contributed by atoms with van der Waals surface area (Å²) in [4.78, 5) is 49.2. The lowest BCUT2D eigenvalue weighted by molar-refractivity contribution is -0.384. The second-order valence-electron chi connectivity index (χ2n) is 7.61. The highest BCUT2D eigenvalue weighted by Crippen LogP contribution is 2.42. The molecule has 0 bridgehead atoms. The van der Waals surface area contributed by atoms with E-state index in [1.807, 2.05) is 0 Å². The van der Waals surface area contributed by atoms with Crippen LogP contribution in [0, 0.1) is 10.1 Å². The van der Waals surface area contributed by atoms with E-state index in [9.17, 15) is 29.6 Å². The van der Waals surface area contributed by atoms with Crippen molar-refractivity contribution in [2.24, 2.45) is 0 Å². The van der Waals surface area contributed by atoms with Gasteiger partial charge in [-0.15, -0.1) is 0 Å². The standard InChI is InChI=1S/C25H19N3O6/c1-15(29)26-18-9-13-19(14-10-18)27-22(16-5-3-2-4-6-16)21(24(31)25(27)32)23(30)17-7-11-20(12-8-17)28(33)34/h2-14,22,30H,1H3,(H,26,29)/b23-21+. The van der Waals surface area contributed by atoms with Gasteiger partial charge in [0, 0.05) is 36.0 Å². The van der Waals surface area contributed by atoms with Gasteiger partial charge in [-0.1, -0.05) is 30.3 Å². The molecule has 0 aromatic heterocycles. The van der Waals surface area contributed by atoms with Gasteiger partial charge in [-0.05, 0) is 42.0 Å². The topological polar surface area (TPSA) is 130 Å². The Bertz CT molecular complexity index is 1320. The molecule has 9 nitrogen and oxygen atoms in total. The molecule has 3 aromatic carbocycles. The second kappa shape index (κ2) is 8.99. The van der Waals surface area contributed by atoms with Crippen LogP contribution in [-0.2, 0) is 14.4 Å². The fraction of sp³-hybridized carbons (Fsp3) is 0.0800. The third kappa shape index (κ3) is 4.14. The van der Waals surface area contributed by atoms with Crippen LogP contribution in [0.2, 0.25) is 0 Å². The zero-order chi connectivity index (χ0) is 24.4. The molecule has 4 rings (SSSR count). The largest absolute Gasteiger partial charge is 0.507 e. The van der Waals surface area contributed by atoms with Crippen molar-refractivity contribution in [3.63, 3.8) is 0 Å². The van der Waals surface area contributed by atoms with Gasteiger partial charge in [-0.2, -0.15) is 0 Å². The number of rotatable bonds is 5. The molecule has 0 saturated carbocycles. The number of carbonyl (C=O) groups is 3. The maximum Gasteiger partial charge on any atom is 0.300 e. The van der Waals surface area contributed by atoms with Gasteiger partial charge in [0.05, 0.1) is 16.5 Å². The predicted octanol–water partition coefficient (Wildman–Crippen LogP) is 4.18. The molecule has 0 spiro atoms. The zero-order valence-electron chi connectivity index (χ0n) is 18.0. The number of aliphatic hydroxyl groups is 1. The van der Waals surface area contributed by atoms with E-state index >= 15 is 0 Å². The van der Waals surface area contributed by atoms with Gasteiger partial charge >= 0.3 is 0 Å². The lowest BCUT2D eigenvalue weighted by atomic mass is 9.95. The number of hydrogen-bond donors (Lipinski definition) is 2. The first-order valence-corrected chi connectivity index (χ1v) is 10.3. The van der Waals surface area contributed by atoms with Crippen LogP contribution in [0.5, 0.6) is 0 Å². The Hall–Kier alpha value is -4.79. The van der Waals surface area contributed by atoms with Crippen molar-refractivity contribution in [1.29, 1.82) is 0 Å². The summed E-state index contributed by atoms with van der Waals surface area (Å²) in [7, 11) is 0. The molecule has 34 heavy (non-hydrogen) atoms. The van der Waals surface area contributed by atoms with Gasteiger partial charge in [0.2, 0.25) is 5.91 Å². The van der Waals surface area contributed by atoms with E-state index in [2.05, 4.69) is 5.32 Å². The number of carbonyl (C=O) groups excluding carboxylic acids is 3. The number of nitro benzene ring substituents is 1. The number of Topliss-reactive ketones (excluding diaryl/α,β-unsaturated/α-hetero) is 1. The summed E-state index contributed by atoms with van der Waals surface area (Å²) in [6.45, 7) is 1.38. The van der Waals surface area contributed by atoms with E-state index in [0.29, 0.717) is 16.9 Å². The SMILES string of the molecule is CC(=O)Nc1ccc(N2C(=O)C(=O)/C(=C(/O)c3ccc([N+](=O)[O-])cc3)C2c2ccccc2)cc1. The molecule has 1 saturated heterocycles. The molecule has 9 heteroatoms. The normalized spacial score (nSPS) is 17.0. The van der Waals surface area contributed by atoms with Crippen molar-refractivity contribution in [2.75, 3.05) is 10.2 Å². The van der Waals surface area contributed by atoms with E-state index in [4.69, 9.17) is 0 Å². The van der Waals surface area contributed by atoms with Crippen molar-refractivity contribution in [1.82, 2.24) is 0 Å². The fourth-order valence-electron chi connectivity index (χ4n) is 3.85. The van der Waals surface area contributed by atoms with E-state index in [1.165, 1.54) is 36.1 Å². The van der Waals surface area contributed by atoms with Crippen LogP contribution in [0.25, 0.3) is 5.76 Å². The first-order valence-electron chi connectivity index (χ1n) is 10.3. The van der Waals surface area contributed by atoms with Crippen molar-refractivity contribution in [3.05, 3.63) is 106 Å². The molecule has 1 aliphatic rings.